The fourth-order valence-electron chi connectivity index (χ4n) is 2.58. The molecule has 0 atom stereocenters. The van der Waals surface area contributed by atoms with E-state index in [1.807, 2.05) is 30.3 Å². The molecule has 0 spiro atoms. The van der Waals surface area contributed by atoms with Crippen LogP contribution in [0, 0.1) is 0 Å². The van der Waals surface area contributed by atoms with Crippen molar-refractivity contribution in [1.29, 1.82) is 0 Å². The molecule has 2 aromatic heterocycles. The molecule has 0 radical (unpaired) electrons. The largest absolute Gasteiger partial charge is 0.414 e. The highest BCUT2D eigenvalue weighted by atomic mass is 32.2. The molecule has 0 saturated carbocycles. The number of aromatic nitrogens is 4. The second kappa shape index (κ2) is 6.86. The Hall–Kier alpha value is -3.59. The predicted molar refractivity (Wildman–Crippen MR) is 104 cm³/mol. The Bertz CT molecular complexity index is 1240. The molecule has 8 nitrogen and oxygen atoms in total. The molecule has 0 aliphatic heterocycles. The van der Waals surface area contributed by atoms with Crippen LogP contribution in [0.25, 0.3) is 34.3 Å². The summed E-state index contributed by atoms with van der Waals surface area (Å²) in [5, 5.41) is 8.06. The Morgan fingerprint density at radius 3 is 2.25 bits per heavy atom. The van der Waals surface area contributed by atoms with Crippen LogP contribution in [0.2, 0.25) is 0 Å². The van der Waals surface area contributed by atoms with Crippen LogP contribution in [0.5, 0.6) is 0 Å². The number of rotatable bonds is 4. The fraction of sp³-hybridized carbons (Fsp3) is 0.0526. The lowest BCUT2D eigenvalue weighted by atomic mass is 10.1. The summed E-state index contributed by atoms with van der Waals surface area (Å²) in [5.74, 6) is 0.651. The Morgan fingerprint density at radius 1 is 0.893 bits per heavy atom. The Kier molecular flexibility index (Phi) is 4.36. The van der Waals surface area contributed by atoms with E-state index >= 15 is 0 Å². The third-order valence-electron chi connectivity index (χ3n) is 4.03. The van der Waals surface area contributed by atoms with Gasteiger partial charge in [0.15, 0.2) is 21.3 Å². The smallest absolute Gasteiger partial charge is 0.270 e. The molecule has 0 aliphatic rings. The van der Waals surface area contributed by atoms with E-state index in [-0.39, 0.29) is 22.3 Å². The Labute approximate surface area is 161 Å². The molecular formula is C19H15N5O3S. The molecule has 0 amide bonds. The number of anilines is 1. The van der Waals surface area contributed by atoms with Crippen LogP contribution in [0.15, 0.2) is 70.1 Å². The van der Waals surface area contributed by atoms with Gasteiger partial charge in [-0.15, -0.1) is 10.2 Å². The van der Waals surface area contributed by atoms with Gasteiger partial charge in [-0.2, -0.15) is 0 Å². The van der Waals surface area contributed by atoms with Gasteiger partial charge in [0, 0.05) is 17.4 Å². The van der Waals surface area contributed by atoms with Crippen LogP contribution in [0.4, 0.5) is 5.82 Å². The van der Waals surface area contributed by atoms with E-state index in [4.69, 9.17) is 10.2 Å². The van der Waals surface area contributed by atoms with Gasteiger partial charge in [0.05, 0.1) is 16.8 Å². The molecule has 0 unspecified atom stereocenters. The van der Waals surface area contributed by atoms with Gasteiger partial charge in [-0.3, -0.25) is 0 Å². The number of hydrogen-bond donors (Lipinski definition) is 1. The summed E-state index contributed by atoms with van der Waals surface area (Å²) in [6.45, 7) is 0. The van der Waals surface area contributed by atoms with Gasteiger partial charge in [0.25, 0.3) is 5.89 Å². The van der Waals surface area contributed by atoms with Crippen molar-refractivity contribution < 1.29 is 12.8 Å². The van der Waals surface area contributed by atoms with Crippen molar-refractivity contribution in [1.82, 2.24) is 20.2 Å². The van der Waals surface area contributed by atoms with Gasteiger partial charge in [-0.25, -0.2) is 18.4 Å². The van der Waals surface area contributed by atoms with Crippen molar-refractivity contribution in [3.63, 3.8) is 0 Å². The molecule has 9 heteroatoms. The first-order valence-corrected chi connectivity index (χ1v) is 10.1. The lowest BCUT2D eigenvalue weighted by Crippen LogP contribution is -2.00. The maximum Gasteiger partial charge on any atom is 0.270 e. The molecular weight excluding hydrogens is 378 g/mol. The summed E-state index contributed by atoms with van der Waals surface area (Å²) >= 11 is 0. The zero-order chi connectivity index (χ0) is 19.7. The van der Waals surface area contributed by atoms with Gasteiger partial charge in [-0.05, 0) is 24.3 Å². The third kappa shape index (κ3) is 3.47. The van der Waals surface area contributed by atoms with E-state index in [0.717, 1.165) is 11.8 Å². The minimum Gasteiger partial charge on any atom is -0.414 e. The van der Waals surface area contributed by atoms with Crippen molar-refractivity contribution in [3.05, 3.63) is 60.8 Å². The molecule has 2 N–H and O–H groups in total. The molecule has 4 aromatic rings. The number of benzene rings is 2. The fourth-order valence-corrected chi connectivity index (χ4v) is 3.21. The van der Waals surface area contributed by atoms with Gasteiger partial charge in [0.1, 0.15) is 0 Å². The first-order chi connectivity index (χ1) is 13.4. The topological polar surface area (TPSA) is 125 Å². The quantitative estimate of drug-likeness (QED) is 0.561. The zero-order valence-electron chi connectivity index (χ0n) is 14.8. The van der Waals surface area contributed by atoms with Gasteiger partial charge in [0.2, 0.25) is 5.89 Å². The summed E-state index contributed by atoms with van der Waals surface area (Å²) in [4.78, 5) is 8.86. The normalized spacial score (nSPS) is 11.5. The SMILES string of the molecule is CS(=O)(=O)c1ccc(-c2cnc(N)c(-c3nnc(-c4ccccc4)o3)n2)cc1. The molecule has 0 saturated heterocycles. The molecule has 2 heterocycles. The number of nitrogens with two attached hydrogens (primary N) is 1. The van der Waals surface area contributed by atoms with Crippen molar-refractivity contribution in [2.24, 2.45) is 0 Å². The van der Waals surface area contributed by atoms with E-state index in [1.54, 1.807) is 12.1 Å². The van der Waals surface area contributed by atoms with Crippen molar-refractivity contribution in [3.8, 4) is 34.3 Å². The molecule has 0 fully saturated rings. The molecule has 140 valence electrons. The van der Waals surface area contributed by atoms with E-state index < -0.39 is 9.84 Å². The van der Waals surface area contributed by atoms with Gasteiger partial charge < -0.3 is 10.2 Å². The van der Waals surface area contributed by atoms with E-state index in [2.05, 4.69) is 20.2 Å². The van der Waals surface area contributed by atoms with Crippen LogP contribution < -0.4 is 5.73 Å². The van der Waals surface area contributed by atoms with Crippen molar-refractivity contribution >= 4 is 15.7 Å². The molecule has 0 aliphatic carbocycles. The number of nitrogen functional groups attached to an aromatic ring is 1. The summed E-state index contributed by atoms with van der Waals surface area (Å²) in [7, 11) is -3.27. The zero-order valence-corrected chi connectivity index (χ0v) is 15.6. The highest BCUT2D eigenvalue weighted by Gasteiger charge is 2.17. The average molecular weight is 393 g/mol. The number of sulfone groups is 1. The van der Waals surface area contributed by atoms with Crippen LogP contribution in [0.3, 0.4) is 0 Å². The molecule has 2 aromatic carbocycles. The molecule has 0 bridgehead atoms. The average Bonchev–Trinajstić information content (AvgIpc) is 3.18. The Balaban J connectivity index is 1.71. The third-order valence-corrected chi connectivity index (χ3v) is 5.16. The minimum absolute atomic E-state index is 0.151. The lowest BCUT2D eigenvalue weighted by Gasteiger charge is -2.05. The van der Waals surface area contributed by atoms with Crippen molar-refractivity contribution in [2.75, 3.05) is 12.0 Å². The number of hydrogen-bond acceptors (Lipinski definition) is 8. The summed E-state index contributed by atoms with van der Waals surface area (Å²) in [6, 6.07) is 15.7. The highest BCUT2D eigenvalue weighted by molar-refractivity contribution is 7.90. The predicted octanol–water partition coefficient (Wildman–Crippen LogP) is 2.85. The highest BCUT2D eigenvalue weighted by Crippen LogP contribution is 2.28. The first-order valence-electron chi connectivity index (χ1n) is 8.24. The van der Waals surface area contributed by atoms with Gasteiger partial charge in [-0.1, -0.05) is 30.3 Å². The van der Waals surface area contributed by atoms with Crippen LogP contribution in [-0.2, 0) is 9.84 Å². The lowest BCUT2D eigenvalue weighted by molar-refractivity contribution is 0.582. The van der Waals surface area contributed by atoms with Crippen LogP contribution in [0.1, 0.15) is 0 Å². The summed E-state index contributed by atoms with van der Waals surface area (Å²) in [6.07, 6.45) is 2.66. The maximum absolute atomic E-state index is 11.6. The molecule has 4 rings (SSSR count). The Morgan fingerprint density at radius 2 is 1.57 bits per heavy atom. The number of nitrogens with zero attached hydrogens (tertiary/aromatic N) is 4. The van der Waals surface area contributed by atoms with Crippen LogP contribution in [-0.4, -0.2) is 34.8 Å². The van der Waals surface area contributed by atoms with E-state index in [1.165, 1.54) is 18.3 Å². The van der Waals surface area contributed by atoms with E-state index in [9.17, 15) is 8.42 Å². The van der Waals surface area contributed by atoms with Crippen molar-refractivity contribution in [2.45, 2.75) is 4.90 Å². The second-order valence-electron chi connectivity index (χ2n) is 6.06. The first kappa shape index (κ1) is 17.8. The minimum atomic E-state index is -3.27. The summed E-state index contributed by atoms with van der Waals surface area (Å²) in [5.41, 5.74) is 8.18. The maximum atomic E-state index is 11.6. The summed E-state index contributed by atoms with van der Waals surface area (Å²) < 4.78 is 28.9. The van der Waals surface area contributed by atoms with Gasteiger partial charge >= 0.3 is 0 Å². The monoisotopic (exact) mass is 393 g/mol. The van der Waals surface area contributed by atoms with Crippen LogP contribution >= 0.6 is 0 Å². The molecule has 28 heavy (non-hydrogen) atoms. The second-order valence-corrected chi connectivity index (χ2v) is 8.08. The van der Waals surface area contributed by atoms with E-state index in [0.29, 0.717) is 17.1 Å². The standard InChI is InChI=1S/C19H15N5O3S/c1-28(25,26)14-9-7-12(8-10-14)15-11-21-17(20)16(22-15)19-24-23-18(27-19)13-5-3-2-4-6-13/h2-11H,1H3,(H2,20,21).